The van der Waals surface area contributed by atoms with Crippen LogP contribution in [0, 0.1) is 11.3 Å². The molecule has 0 radical (unpaired) electrons. The second kappa shape index (κ2) is 5.86. The second-order valence-corrected chi connectivity index (χ2v) is 5.90. The van der Waals surface area contributed by atoms with Gasteiger partial charge in [-0.25, -0.2) is 0 Å². The van der Waals surface area contributed by atoms with E-state index in [9.17, 15) is 0 Å². The van der Waals surface area contributed by atoms with E-state index >= 15 is 0 Å². The molecule has 1 saturated carbocycles. The summed E-state index contributed by atoms with van der Waals surface area (Å²) in [5.41, 5.74) is 0.282. The second-order valence-electron chi connectivity index (χ2n) is 5.90. The van der Waals surface area contributed by atoms with E-state index in [1.54, 1.807) is 0 Å². The zero-order valence-electron chi connectivity index (χ0n) is 10.8. The van der Waals surface area contributed by atoms with Crippen LogP contribution in [0.1, 0.15) is 46.5 Å². The first-order chi connectivity index (χ1) is 7.04. The molecule has 1 N–H and O–H groups in total. The van der Waals surface area contributed by atoms with Gasteiger partial charge >= 0.3 is 0 Å². The zero-order chi connectivity index (χ0) is 11.3. The van der Waals surface area contributed by atoms with E-state index in [1.165, 1.54) is 25.7 Å². The van der Waals surface area contributed by atoms with Crippen molar-refractivity contribution in [3.63, 3.8) is 0 Å². The van der Waals surface area contributed by atoms with Crippen molar-refractivity contribution in [2.45, 2.75) is 52.5 Å². The lowest BCUT2D eigenvalue weighted by atomic mass is 9.87. The van der Waals surface area contributed by atoms with Gasteiger partial charge in [0.1, 0.15) is 0 Å². The number of nitrogens with one attached hydrogen (secondary N) is 1. The molecule has 1 rings (SSSR count). The Kier molecular flexibility index (Phi) is 5.07. The summed E-state index contributed by atoms with van der Waals surface area (Å²) in [4.78, 5) is 0. The fourth-order valence-electron chi connectivity index (χ4n) is 2.30. The van der Waals surface area contributed by atoms with Gasteiger partial charge in [0.15, 0.2) is 0 Å². The minimum absolute atomic E-state index is 0.282. The Morgan fingerprint density at radius 3 is 2.33 bits per heavy atom. The summed E-state index contributed by atoms with van der Waals surface area (Å²) < 4.78 is 5.83. The molecule has 0 heterocycles. The van der Waals surface area contributed by atoms with Gasteiger partial charge in [0, 0.05) is 12.6 Å². The van der Waals surface area contributed by atoms with E-state index in [4.69, 9.17) is 4.74 Å². The minimum Gasteiger partial charge on any atom is -0.380 e. The molecule has 2 heteroatoms. The van der Waals surface area contributed by atoms with Crippen molar-refractivity contribution in [2.24, 2.45) is 11.3 Å². The van der Waals surface area contributed by atoms with Crippen LogP contribution in [0.4, 0.5) is 0 Å². The van der Waals surface area contributed by atoms with Gasteiger partial charge in [0.25, 0.3) is 0 Å². The Bertz CT molecular complexity index is 168. The lowest BCUT2D eigenvalue weighted by Crippen LogP contribution is -2.42. The molecule has 0 aromatic carbocycles. The van der Waals surface area contributed by atoms with Gasteiger partial charge in [0.2, 0.25) is 0 Å². The highest BCUT2D eigenvalue weighted by molar-refractivity contribution is 4.79. The van der Waals surface area contributed by atoms with E-state index in [2.05, 4.69) is 26.1 Å². The van der Waals surface area contributed by atoms with Crippen molar-refractivity contribution >= 4 is 0 Å². The van der Waals surface area contributed by atoms with E-state index in [-0.39, 0.29) is 5.41 Å². The molecule has 0 aliphatic heterocycles. The Balaban J connectivity index is 2.16. The standard InChI is InChI=1S/C13H27NO/c1-13(2,3)12(14-4)10-15-9-11-7-5-6-8-11/h11-12,14H,5-10H2,1-4H3. The smallest absolute Gasteiger partial charge is 0.0624 e. The molecule has 2 nitrogen and oxygen atoms in total. The topological polar surface area (TPSA) is 21.3 Å². The molecule has 1 unspecified atom stereocenters. The first-order valence-corrected chi connectivity index (χ1v) is 6.29. The predicted octanol–water partition coefficient (Wildman–Crippen LogP) is 2.83. The van der Waals surface area contributed by atoms with Gasteiger partial charge in [-0.1, -0.05) is 33.6 Å². The molecule has 0 aromatic rings. The maximum absolute atomic E-state index is 5.83. The van der Waals surface area contributed by atoms with Gasteiger partial charge in [0.05, 0.1) is 6.61 Å². The SMILES string of the molecule is CNC(COCC1CCCC1)C(C)(C)C. The number of hydrogen-bond acceptors (Lipinski definition) is 2. The normalized spacial score (nSPS) is 20.8. The molecule has 0 bridgehead atoms. The van der Waals surface area contributed by atoms with Gasteiger partial charge in [-0.3, -0.25) is 0 Å². The van der Waals surface area contributed by atoms with Gasteiger partial charge in [-0.15, -0.1) is 0 Å². The van der Waals surface area contributed by atoms with Crippen LogP contribution in [-0.2, 0) is 4.74 Å². The third-order valence-electron chi connectivity index (χ3n) is 3.51. The number of hydrogen-bond donors (Lipinski definition) is 1. The quantitative estimate of drug-likeness (QED) is 0.758. The summed E-state index contributed by atoms with van der Waals surface area (Å²) in [6, 6.07) is 0.457. The molecule has 1 aliphatic rings. The first kappa shape index (κ1) is 13.0. The van der Waals surface area contributed by atoms with E-state index in [1.807, 2.05) is 7.05 Å². The third kappa shape index (κ3) is 4.52. The van der Waals surface area contributed by atoms with Crippen LogP contribution in [0.25, 0.3) is 0 Å². The summed E-state index contributed by atoms with van der Waals surface area (Å²) in [5.74, 6) is 0.836. The van der Waals surface area contributed by atoms with Crippen LogP contribution in [0.2, 0.25) is 0 Å². The maximum atomic E-state index is 5.83. The fourth-order valence-corrected chi connectivity index (χ4v) is 2.30. The van der Waals surface area contributed by atoms with Crippen molar-refractivity contribution in [2.75, 3.05) is 20.3 Å². The van der Waals surface area contributed by atoms with Crippen LogP contribution in [0.15, 0.2) is 0 Å². The lowest BCUT2D eigenvalue weighted by Gasteiger charge is -2.30. The predicted molar refractivity (Wildman–Crippen MR) is 65.1 cm³/mol. The highest BCUT2D eigenvalue weighted by Crippen LogP contribution is 2.25. The molecule has 0 amide bonds. The summed E-state index contributed by atoms with van der Waals surface area (Å²) >= 11 is 0. The number of rotatable bonds is 5. The van der Waals surface area contributed by atoms with Crippen molar-refractivity contribution in [1.82, 2.24) is 5.32 Å². The average Bonchev–Trinajstić information content (AvgIpc) is 2.62. The molecular formula is C13H27NO. The summed E-state index contributed by atoms with van der Waals surface area (Å²) in [7, 11) is 2.02. The summed E-state index contributed by atoms with van der Waals surface area (Å²) in [5, 5.41) is 3.34. The van der Waals surface area contributed by atoms with Crippen molar-refractivity contribution in [1.29, 1.82) is 0 Å². The molecule has 0 spiro atoms. The number of ether oxygens (including phenoxy) is 1. The highest BCUT2D eigenvalue weighted by Gasteiger charge is 2.23. The third-order valence-corrected chi connectivity index (χ3v) is 3.51. The van der Waals surface area contributed by atoms with Crippen LogP contribution >= 0.6 is 0 Å². The van der Waals surface area contributed by atoms with Crippen molar-refractivity contribution < 1.29 is 4.74 Å². The Morgan fingerprint density at radius 1 is 1.27 bits per heavy atom. The van der Waals surface area contributed by atoms with E-state index in [0.29, 0.717) is 6.04 Å². The number of likely N-dealkylation sites (N-methyl/N-ethyl adjacent to an activating group) is 1. The molecule has 15 heavy (non-hydrogen) atoms. The van der Waals surface area contributed by atoms with Crippen LogP contribution in [0.5, 0.6) is 0 Å². The molecule has 1 atom stereocenters. The molecule has 90 valence electrons. The van der Waals surface area contributed by atoms with Crippen molar-refractivity contribution in [3.8, 4) is 0 Å². The Labute approximate surface area is 94.8 Å². The van der Waals surface area contributed by atoms with Crippen LogP contribution in [0.3, 0.4) is 0 Å². The van der Waals surface area contributed by atoms with Gasteiger partial charge < -0.3 is 10.1 Å². The van der Waals surface area contributed by atoms with Crippen LogP contribution < -0.4 is 5.32 Å². The average molecular weight is 213 g/mol. The van der Waals surface area contributed by atoms with E-state index in [0.717, 1.165) is 19.1 Å². The fraction of sp³-hybridized carbons (Fsp3) is 1.00. The minimum atomic E-state index is 0.282. The van der Waals surface area contributed by atoms with Crippen molar-refractivity contribution in [3.05, 3.63) is 0 Å². The summed E-state index contributed by atoms with van der Waals surface area (Å²) in [6.45, 7) is 8.58. The highest BCUT2D eigenvalue weighted by atomic mass is 16.5. The monoisotopic (exact) mass is 213 g/mol. The first-order valence-electron chi connectivity index (χ1n) is 6.29. The lowest BCUT2D eigenvalue weighted by molar-refractivity contribution is 0.0573. The summed E-state index contributed by atoms with van der Waals surface area (Å²) in [6.07, 6.45) is 5.56. The van der Waals surface area contributed by atoms with E-state index < -0.39 is 0 Å². The Hall–Kier alpha value is -0.0800. The molecule has 1 aliphatic carbocycles. The Morgan fingerprint density at radius 2 is 1.87 bits per heavy atom. The van der Waals surface area contributed by atoms with Crippen LogP contribution in [-0.4, -0.2) is 26.3 Å². The maximum Gasteiger partial charge on any atom is 0.0624 e. The van der Waals surface area contributed by atoms with Gasteiger partial charge in [-0.05, 0) is 31.2 Å². The largest absolute Gasteiger partial charge is 0.380 e. The molecule has 1 fully saturated rings. The van der Waals surface area contributed by atoms with Gasteiger partial charge in [-0.2, -0.15) is 0 Å². The molecular weight excluding hydrogens is 186 g/mol. The molecule has 0 aromatic heterocycles. The zero-order valence-corrected chi connectivity index (χ0v) is 10.8. The molecule has 0 saturated heterocycles.